The average Bonchev–Trinajstić information content (AvgIpc) is 4.35. The summed E-state index contributed by atoms with van der Waals surface area (Å²) < 4.78 is 0. The number of rotatable bonds is 10. The molecule has 11 aromatic rings. The molecule has 0 radical (unpaired) electrons. The van der Waals surface area contributed by atoms with Crippen molar-refractivity contribution in [2.45, 2.75) is 0 Å². The van der Waals surface area contributed by atoms with Crippen LogP contribution in [0.25, 0.3) is 90.9 Å². The SMILES string of the molecule is S=P(c1ccccc1)(c1ccccc1)c1cccc(-c2ccccc2-c2c3nc(cc4ccc([nH]4)c(-c4ccccc4-c4cccc(P(=S)(c5ccccc5)c5ccccc5)c4)c4nc(cc5ccc2[nH]5)C=C4)C=C3)c1. The molecule has 3 aromatic heterocycles. The fourth-order valence-corrected chi connectivity index (χ4v) is 18.3. The van der Waals surface area contributed by atoms with E-state index in [0.717, 1.165) is 121 Å². The van der Waals surface area contributed by atoms with Crippen molar-refractivity contribution in [2.75, 3.05) is 0 Å². The summed E-state index contributed by atoms with van der Waals surface area (Å²) in [6.07, 6.45) is 8.47. The van der Waals surface area contributed by atoms with Crippen LogP contribution in [0, 0.1) is 0 Å². The zero-order valence-corrected chi connectivity index (χ0v) is 44.6. The lowest BCUT2D eigenvalue weighted by Crippen LogP contribution is -2.24. The molecule has 2 N–H and O–H groups in total. The zero-order valence-electron chi connectivity index (χ0n) is 41.2. The highest BCUT2D eigenvalue weighted by Gasteiger charge is 2.27. The predicted octanol–water partition coefficient (Wildman–Crippen LogP) is 14.8. The molecule has 0 saturated heterocycles. The number of nitrogens with one attached hydrogen (secondary N) is 2. The van der Waals surface area contributed by atoms with Gasteiger partial charge in [-0.15, -0.1) is 0 Å². The Hall–Kier alpha value is -8.34. The molecule has 0 atom stereocenters. The minimum atomic E-state index is -2.41. The Labute approximate surface area is 453 Å². The van der Waals surface area contributed by atoms with Crippen LogP contribution >= 0.6 is 12.1 Å². The Morgan fingerprint density at radius 1 is 0.289 bits per heavy atom. The molecular formula is C68H48N4P2S2. The van der Waals surface area contributed by atoms with Crippen molar-refractivity contribution >= 4 is 114 Å². The molecule has 8 heteroatoms. The molecule has 0 spiro atoms. The summed E-state index contributed by atoms with van der Waals surface area (Å²) in [5.41, 5.74) is 15.7. The van der Waals surface area contributed by atoms with Crippen molar-refractivity contribution in [1.29, 1.82) is 0 Å². The van der Waals surface area contributed by atoms with Crippen LogP contribution in [0.3, 0.4) is 0 Å². The first kappa shape index (κ1) is 47.4. The Morgan fingerprint density at radius 2 is 0.618 bits per heavy atom. The fourth-order valence-electron chi connectivity index (χ4n) is 10.7. The Morgan fingerprint density at radius 3 is 0.987 bits per heavy atom. The number of fused-ring (bicyclic) bond motifs is 8. The molecule has 362 valence electrons. The van der Waals surface area contributed by atoms with Crippen molar-refractivity contribution in [3.8, 4) is 44.5 Å². The number of benzene rings is 8. The Balaban J connectivity index is 0.959. The molecule has 76 heavy (non-hydrogen) atoms. The number of aromatic amines is 2. The van der Waals surface area contributed by atoms with Crippen molar-refractivity contribution in [3.63, 3.8) is 0 Å². The Kier molecular flexibility index (Phi) is 12.5. The number of aromatic nitrogens is 4. The maximum Gasteiger partial charge on any atom is 0.0737 e. The van der Waals surface area contributed by atoms with Gasteiger partial charge < -0.3 is 9.97 Å². The van der Waals surface area contributed by atoms with Gasteiger partial charge in [-0.3, -0.25) is 0 Å². The smallest absolute Gasteiger partial charge is 0.0737 e. The van der Waals surface area contributed by atoms with Crippen molar-refractivity contribution in [3.05, 3.63) is 278 Å². The van der Waals surface area contributed by atoms with E-state index in [2.05, 4.69) is 289 Å². The largest absolute Gasteiger partial charge is 0.355 e. The molecule has 5 heterocycles. The van der Waals surface area contributed by atoms with Crippen LogP contribution in [-0.4, -0.2) is 19.9 Å². The van der Waals surface area contributed by atoms with Gasteiger partial charge in [0.2, 0.25) is 0 Å². The van der Waals surface area contributed by atoms with Crippen LogP contribution in [-0.2, 0) is 23.6 Å². The second kappa shape index (κ2) is 20.1. The highest BCUT2D eigenvalue weighted by Crippen LogP contribution is 2.46. The lowest BCUT2D eigenvalue weighted by Gasteiger charge is -2.25. The highest BCUT2D eigenvalue weighted by molar-refractivity contribution is 8.26. The number of hydrogen-bond acceptors (Lipinski definition) is 4. The van der Waals surface area contributed by atoms with Gasteiger partial charge in [-0.05, 0) is 138 Å². The second-order valence-corrected chi connectivity index (χ2v) is 27.8. The van der Waals surface area contributed by atoms with Gasteiger partial charge in [-0.1, -0.05) is 230 Å². The zero-order chi connectivity index (χ0) is 51.1. The lowest BCUT2D eigenvalue weighted by atomic mass is 9.93. The van der Waals surface area contributed by atoms with E-state index in [0.29, 0.717) is 0 Å². The third kappa shape index (κ3) is 8.70. The molecule has 4 nitrogen and oxygen atoms in total. The van der Waals surface area contributed by atoms with Crippen LogP contribution in [0.1, 0.15) is 22.8 Å². The van der Waals surface area contributed by atoms with Crippen LogP contribution in [0.15, 0.2) is 255 Å². The van der Waals surface area contributed by atoms with Crippen LogP contribution in [0.2, 0.25) is 0 Å². The van der Waals surface area contributed by atoms with Crippen LogP contribution < -0.4 is 31.8 Å². The quantitative estimate of drug-likeness (QED) is 0.134. The predicted molar refractivity (Wildman–Crippen MR) is 333 cm³/mol. The first-order valence-electron chi connectivity index (χ1n) is 25.3. The van der Waals surface area contributed by atoms with Gasteiger partial charge in [-0.2, -0.15) is 0 Å². The minimum Gasteiger partial charge on any atom is -0.355 e. The van der Waals surface area contributed by atoms with E-state index in [1.54, 1.807) is 0 Å². The summed E-state index contributed by atoms with van der Waals surface area (Å²) >= 11 is 13.7. The molecule has 0 aliphatic carbocycles. The maximum absolute atomic E-state index is 6.83. The molecule has 2 aliphatic heterocycles. The summed E-state index contributed by atoms with van der Waals surface area (Å²) in [7, 11) is 0. The topological polar surface area (TPSA) is 57.4 Å². The van der Waals surface area contributed by atoms with E-state index < -0.39 is 12.1 Å². The van der Waals surface area contributed by atoms with Gasteiger partial charge in [0.25, 0.3) is 0 Å². The normalized spacial score (nSPS) is 12.2. The number of nitrogens with zero attached hydrogens (tertiary/aromatic N) is 2. The molecule has 13 rings (SSSR count). The lowest BCUT2D eigenvalue weighted by molar-refractivity contribution is 1.31. The number of H-pyrrole nitrogens is 2. The molecule has 2 aliphatic rings. The van der Waals surface area contributed by atoms with E-state index in [1.165, 1.54) is 0 Å². The fraction of sp³-hybridized carbons (Fsp3) is 0. The molecule has 8 aromatic carbocycles. The molecule has 0 unspecified atom stereocenters. The van der Waals surface area contributed by atoms with Gasteiger partial charge in [0, 0.05) is 45.3 Å². The van der Waals surface area contributed by atoms with Gasteiger partial charge in [0.05, 0.1) is 22.8 Å². The summed E-state index contributed by atoms with van der Waals surface area (Å²) in [5, 5.41) is 6.94. The summed E-state index contributed by atoms with van der Waals surface area (Å²) in [6, 6.07) is 85.5. The van der Waals surface area contributed by atoms with Crippen LogP contribution in [0.5, 0.6) is 0 Å². The molecule has 0 fully saturated rings. The molecule has 8 bridgehead atoms. The summed E-state index contributed by atoms with van der Waals surface area (Å²) in [4.78, 5) is 18.3. The van der Waals surface area contributed by atoms with E-state index in [-0.39, 0.29) is 0 Å². The van der Waals surface area contributed by atoms with Crippen molar-refractivity contribution < 1.29 is 0 Å². The van der Waals surface area contributed by atoms with E-state index in [4.69, 9.17) is 33.6 Å². The van der Waals surface area contributed by atoms with Gasteiger partial charge in [0.1, 0.15) is 0 Å². The van der Waals surface area contributed by atoms with E-state index in [9.17, 15) is 0 Å². The van der Waals surface area contributed by atoms with E-state index in [1.807, 2.05) is 0 Å². The second-order valence-electron chi connectivity index (χ2n) is 19.0. The summed E-state index contributed by atoms with van der Waals surface area (Å²) in [5.74, 6) is 0. The third-order valence-corrected chi connectivity index (χ3v) is 24.2. The maximum atomic E-state index is 6.83. The van der Waals surface area contributed by atoms with Crippen molar-refractivity contribution in [1.82, 2.24) is 19.9 Å². The Bertz CT molecular complexity index is 3990. The monoisotopic (exact) mass is 1050 g/mol. The highest BCUT2D eigenvalue weighted by atomic mass is 32.4. The third-order valence-electron chi connectivity index (χ3n) is 14.3. The average molecular weight is 1050 g/mol. The standard InChI is InChI=1S/C68H48N4P2S2/c75-73(53-21-5-1-6-22-53,54-23-7-2-8-24-54)57-29-17-19-47(43-57)59-31-13-15-33-61(59)67-63-39-35-49(69-63)45-51-37-41-65(71-51)68(66-42-38-52(72-66)46-50-36-40-64(67)70-50)62-34-16-14-32-60(62)48-20-18-30-58(44-48)74(76,55-25-9-3-10-26-55)56-27-11-4-12-28-56/h1-46,69,72H. The van der Waals surface area contributed by atoms with Crippen LogP contribution in [0.4, 0.5) is 0 Å². The summed E-state index contributed by atoms with van der Waals surface area (Å²) in [6.45, 7) is 0. The molecular weight excluding hydrogens is 999 g/mol. The minimum absolute atomic E-state index is 0.845. The first-order chi connectivity index (χ1) is 37.4. The first-order valence-corrected chi connectivity index (χ1v) is 30.9. The van der Waals surface area contributed by atoms with Crippen molar-refractivity contribution in [2.24, 2.45) is 0 Å². The molecule has 0 amide bonds. The molecule has 0 saturated carbocycles. The number of hydrogen-bond donors (Lipinski definition) is 2. The van der Waals surface area contributed by atoms with E-state index >= 15 is 0 Å². The van der Waals surface area contributed by atoms with Gasteiger partial charge in [-0.25, -0.2) is 9.97 Å². The van der Waals surface area contributed by atoms with Gasteiger partial charge >= 0.3 is 0 Å². The van der Waals surface area contributed by atoms with Gasteiger partial charge in [0.15, 0.2) is 0 Å².